The van der Waals surface area contributed by atoms with Crippen molar-refractivity contribution < 1.29 is 4.74 Å². The molecule has 1 aromatic rings. The van der Waals surface area contributed by atoms with Crippen molar-refractivity contribution in [1.29, 1.82) is 0 Å². The first-order valence-electron chi connectivity index (χ1n) is 5.51. The molecule has 0 bridgehead atoms. The molecule has 1 aromatic heterocycles. The highest BCUT2D eigenvalue weighted by molar-refractivity contribution is 7.13. The van der Waals surface area contributed by atoms with Crippen molar-refractivity contribution in [2.75, 3.05) is 32.7 Å². The second-order valence-electron chi connectivity index (χ2n) is 3.96. The molecular weight excluding hydrogens is 222 g/mol. The lowest BCUT2D eigenvalue weighted by Gasteiger charge is -2.14. The second-order valence-corrected chi connectivity index (χ2v) is 4.79. The summed E-state index contributed by atoms with van der Waals surface area (Å²) < 4.78 is 5.14. The van der Waals surface area contributed by atoms with Crippen LogP contribution in [0.25, 0.3) is 0 Å². The largest absolute Gasteiger partial charge is 0.383 e. The number of ether oxygens (including phenoxy) is 1. The van der Waals surface area contributed by atoms with Crippen LogP contribution < -0.4 is 10.2 Å². The fourth-order valence-electron chi connectivity index (χ4n) is 1.35. The molecule has 0 saturated carbocycles. The number of thiazole rings is 1. The highest BCUT2D eigenvalue weighted by atomic mass is 32.1. The van der Waals surface area contributed by atoms with Crippen molar-refractivity contribution in [3.05, 3.63) is 11.1 Å². The van der Waals surface area contributed by atoms with Gasteiger partial charge in [0.2, 0.25) is 0 Å². The van der Waals surface area contributed by atoms with Crippen LogP contribution in [0.5, 0.6) is 0 Å². The lowest BCUT2D eigenvalue weighted by atomic mass is 10.2. The van der Waals surface area contributed by atoms with Crippen LogP contribution in [0.1, 0.15) is 19.0 Å². The minimum absolute atomic E-state index is 0.412. The Morgan fingerprint density at radius 1 is 1.56 bits per heavy atom. The Bertz CT molecular complexity index is 301. The Morgan fingerprint density at radius 3 is 2.81 bits per heavy atom. The summed E-state index contributed by atoms with van der Waals surface area (Å²) in [6.45, 7) is 3.72. The maximum absolute atomic E-state index is 5.14. The number of hydrogen-bond acceptors (Lipinski definition) is 5. The van der Waals surface area contributed by atoms with Gasteiger partial charge >= 0.3 is 0 Å². The third kappa shape index (κ3) is 4.08. The molecule has 5 heteroatoms. The van der Waals surface area contributed by atoms with Crippen molar-refractivity contribution in [3.8, 4) is 0 Å². The topological polar surface area (TPSA) is 37.4 Å². The Hall–Kier alpha value is -0.650. The summed E-state index contributed by atoms with van der Waals surface area (Å²) in [5.41, 5.74) is 1.10. The molecule has 0 aliphatic carbocycles. The zero-order valence-electron chi connectivity index (χ0n) is 10.5. The van der Waals surface area contributed by atoms with Crippen LogP contribution in [0, 0.1) is 0 Å². The van der Waals surface area contributed by atoms with Crippen molar-refractivity contribution in [2.24, 2.45) is 0 Å². The van der Waals surface area contributed by atoms with Crippen LogP contribution in [0.15, 0.2) is 5.38 Å². The molecule has 1 rings (SSSR count). The summed E-state index contributed by atoms with van der Waals surface area (Å²) in [5.74, 6) is 0. The van der Waals surface area contributed by atoms with Gasteiger partial charge < -0.3 is 15.0 Å². The predicted molar refractivity (Wildman–Crippen MR) is 69.2 cm³/mol. The number of nitrogens with zero attached hydrogens (tertiary/aromatic N) is 2. The monoisotopic (exact) mass is 243 g/mol. The molecule has 16 heavy (non-hydrogen) atoms. The van der Waals surface area contributed by atoms with Gasteiger partial charge in [0.25, 0.3) is 0 Å². The normalized spacial score (nSPS) is 12.8. The molecule has 0 saturated heterocycles. The number of hydrogen-bond donors (Lipinski definition) is 1. The number of aromatic nitrogens is 1. The van der Waals surface area contributed by atoms with Crippen LogP contribution >= 0.6 is 11.3 Å². The van der Waals surface area contributed by atoms with Gasteiger partial charge in [0.15, 0.2) is 5.13 Å². The van der Waals surface area contributed by atoms with E-state index >= 15 is 0 Å². The molecule has 4 nitrogen and oxygen atoms in total. The van der Waals surface area contributed by atoms with Gasteiger partial charge in [-0.25, -0.2) is 4.98 Å². The van der Waals surface area contributed by atoms with E-state index in [2.05, 4.69) is 22.6 Å². The number of methoxy groups -OCH3 is 1. The van der Waals surface area contributed by atoms with Crippen molar-refractivity contribution in [3.63, 3.8) is 0 Å². The van der Waals surface area contributed by atoms with E-state index in [1.165, 1.54) is 0 Å². The Labute approximate surface area is 102 Å². The Kier molecular flexibility index (Phi) is 5.73. The van der Waals surface area contributed by atoms with Crippen molar-refractivity contribution in [2.45, 2.75) is 25.9 Å². The summed E-state index contributed by atoms with van der Waals surface area (Å²) in [5, 5.41) is 6.59. The SMILES string of the molecule is CC[C@H](COC)NCc1csc(N(C)C)n1. The van der Waals surface area contributed by atoms with E-state index in [4.69, 9.17) is 4.74 Å². The van der Waals surface area contributed by atoms with E-state index in [1.54, 1.807) is 18.4 Å². The average molecular weight is 243 g/mol. The number of nitrogens with one attached hydrogen (secondary N) is 1. The molecular formula is C11H21N3OS. The summed E-state index contributed by atoms with van der Waals surface area (Å²) >= 11 is 1.67. The van der Waals surface area contributed by atoms with Crippen molar-refractivity contribution in [1.82, 2.24) is 10.3 Å². The molecule has 0 amide bonds. The quantitative estimate of drug-likeness (QED) is 0.791. The zero-order chi connectivity index (χ0) is 12.0. The van der Waals surface area contributed by atoms with Crippen LogP contribution in [0.3, 0.4) is 0 Å². The molecule has 0 fully saturated rings. The minimum Gasteiger partial charge on any atom is -0.383 e. The van der Waals surface area contributed by atoms with Gasteiger partial charge in [-0.05, 0) is 6.42 Å². The fourth-order valence-corrected chi connectivity index (χ4v) is 2.11. The molecule has 1 atom stereocenters. The summed E-state index contributed by atoms with van der Waals surface area (Å²) in [7, 11) is 5.75. The lowest BCUT2D eigenvalue weighted by molar-refractivity contribution is 0.163. The maximum Gasteiger partial charge on any atom is 0.185 e. The molecule has 0 radical (unpaired) electrons. The fraction of sp³-hybridized carbons (Fsp3) is 0.727. The first-order valence-corrected chi connectivity index (χ1v) is 6.39. The molecule has 0 aromatic carbocycles. The number of anilines is 1. The molecule has 0 aliphatic heterocycles. The van der Waals surface area contributed by atoms with Gasteiger partial charge in [0.1, 0.15) is 0 Å². The smallest absolute Gasteiger partial charge is 0.185 e. The second kappa shape index (κ2) is 6.83. The van der Waals surface area contributed by atoms with E-state index < -0.39 is 0 Å². The average Bonchev–Trinajstić information content (AvgIpc) is 2.73. The summed E-state index contributed by atoms with van der Waals surface area (Å²) in [6.07, 6.45) is 1.07. The maximum atomic E-state index is 5.14. The lowest BCUT2D eigenvalue weighted by Crippen LogP contribution is -2.32. The highest BCUT2D eigenvalue weighted by Crippen LogP contribution is 2.17. The molecule has 0 unspecified atom stereocenters. The third-order valence-corrected chi connectivity index (χ3v) is 3.41. The molecule has 0 spiro atoms. The molecule has 92 valence electrons. The predicted octanol–water partition coefficient (Wildman–Crippen LogP) is 1.72. The van der Waals surface area contributed by atoms with Gasteiger partial charge in [-0.15, -0.1) is 11.3 Å². The van der Waals surface area contributed by atoms with E-state index in [9.17, 15) is 0 Å². The van der Waals surface area contributed by atoms with Gasteiger partial charge in [-0.2, -0.15) is 0 Å². The van der Waals surface area contributed by atoms with Gasteiger partial charge in [-0.1, -0.05) is 6.92 Å². The van der Waals surface area contributed by atoms with Gasteiger partial charge in [0, 0.05) is 39.2 Å². The van der Waals surface area contributed by atoms with Crippen LogP contribution in [0.2, 0.25) is 0 Å². The first kappa shape index (κ1) is 13.4. The summed E-state index contributed by atoms with van der Waals surface area (Å²) in [4.78, 5) is 6.55. The summed E-state index contributed by atoms with van der Waals surface area (Å²) in [6, 6.07) is 0.412. The minimum atomic E-state index is 0.412. The van der Waals surface area contributed by atoms with Gasteiger partial charge in [0.05, 0.1) is 12.3 Å². The standard InChI is InChI=1S/C11H21N3OS/c1-5-9(7-15-4)12-6-10-8-16-11(13-10)14(2)3/h8-9,12H,5-7H2,1-4H3/t9-/m1/s1. The Balaban J connectivity index is 2.41. The van der Waals surface area contributed by atoms with E-state index in [-0.39, 0.29) is 0 Å². The highest BCUT2D eigenvalue weighted by Gasteiger charge is 2.07. The van der Waals surface area contributed by atoms with Gasteiger partial charge in [-0.3, -0.25) is 0 Å². The van der Waals surface area contributed by atoms with E-state index in [0.29, 0.717) is 6.04 Å². The van der Waals surface area contributed by atoms with Crippen molar-refractivity contribution >= 4 is 16.5 Å². The van der Waals surface area contributed by atoms with Crippen LogP contribution in [-0.4, -0.2) is 38.8 Å². The number of rotatable bonds is 7. The Morgan fingerprint density at radius 2 is 2.31 bits per heavy atom. The molecule has 1 heterocycles. The zero-order valence-corrected chi connectivity index (χ0v) is 11.3. The third-order valence-electron chi connectivity index (χ3n) is 2.35. The van der Waals surface area contributed by atoms with E-state index in [0.717, 1.165) is 30.4 Å². The van der Waals surface area contributed by atoms with Crippen LogP contribution in [0.4, 0.5) is 5.13 Å². The molecule has 1 N–H and O–H groups in total. The van der Waals surface area contributed by atoms with E-state index in [1.807, 2.05) is 19.0 Å². The van der Waals surface area contributed by atoms with Crippen LogP contribution in [-0.2, 0) is 11.3 Å². The molecule has 0 aliphatic rings. The first-order chi connectivity index (χ1) is 7.67.